The Labute approximate surface area is 132 Å². The van der Waals surface area contributed by atoms with Crippen LogP contribution in [0.15, 0.2) is 30.3 Å². The smallest absolute Gasteiger partial charge is 0.387 e. The molecule has 1 N–H and O–H groups in total. The maximum Gasteiger partial charge on any atom is 0.387 e. The quantitative estimate of drug-likeness (QED) is 0.658. The number of alkyl halides is 2. The fourth-order valence-electron chi connectivity index (χ4n) is 1.82. The van der Waals surface area contributed by atoms with Gasteiger partial charge in [-0.05, 0) is 30.3 Å². The van der Waals surface area contributed by atoms with Gasteiger partial charge in [0.05, 0.1) is 12.8 Å². The van der Waals surface area contributed by atoms with Crippen molar-refractivity contribution in [3.63, 3.8) is 0 Å². The molecule has 1 amide bonds. The van der Waals surface area contributed by atoms with Crippen molar-refractivity contribution in [1.29, 1.82) is 0 Å². The molecule has 2 aromatic rings. The summed E-state index contributed by atoms with van der Waals surface area (Å²) in [6.07, 6.45) is 0. The van der Waals surface area contributed by atoms with E-state index in [1.54, 1.807) is 0 Å². The monoisotopic (exact) mass is 347 g/mol. The molecule has 0 aliphatic heterocycles. The first-order valence-electron chi connectivity index (χ1n) is 6.41. The van der Waals surface area contributed by atoms with Gasteiger partial charge in [-0.1, -0.05) is 0 Å². The number of rotatable bonds is 5. The summed E-state index contributed by atoms with van der Waals surface area (Å²) < 4.78 is 73.0. The third-order valence-corrected chi connectivity index (χ3v) is 2.93. The minimum Gasteiger partial charge on any atom is -0.493 e. The topological polar surface area (TPSA) is 47.6 Å². The van der Waals surface area contributed by atoms with Gasteiger partial charge in [-0.25, -0.2) is 13.2 Å². The second-order valence-corrected chi connectivity index (χ2v) is 4.42. The SMILES string of the molecule is COc1cc(C(=O)Nc2ccc(F)c(F)c2F)ccc1OC(F)F. The van der Waals surface area contributed by atoms with Crippen LogP contribution in [0.25, 0.3) is 0 Å². The summed E-state index contributed by atoms with van der Waals surface area (Å²) >= 11 is 0. The lowest BCUT2D eigenvalue weighted by molar-refractivity contribution is -0.0512. The molecule has 9 heteroatoms. The molecule has 0 saturated carbocycles. The van der Waals surface area contributed by atoms with Crippen LogP contribution >= 0.6 is 0 Å². The third-order valence-electron chi connectivity index (χ3n) is 2.93. The lowest BCUT2D eigenvalue weighted by Gasteiger charge is -2.12. The number of hydrogen-bond donors (Lipinski definition) is 1. The molecule has 24 heavy (non-hydrogen) atoms. The molecule has 2 rings (SSSR count). The summed E-state index contributed by atoms with van der Waals surface area (Å²) in [7, 11) is 1.17. The number of amides is 1. The van der Waals surface area contributed by atoms with Crippen molar-refractivity contribution in [2.45, 2.75) is 6.61 Å². The van der Waals surface area contributed by atoms with Gasteiger partial charge < -0.3 is 14.8 Å². The van der Waals surface area contributed by atoms with E-state index in [2.05, 4.69) is 4.74 Å². The Morgan fingerprint density at radius 1 is 1.04 bits per heavy atom. The molecule has 0 saturated heterocycles. The van der Waals surface area contributed by atoms with Crippen molar-refractivity contribution in [3.8, 4) is 11.5 Å². The summed E-state index contributed by atoms with van der Waals surface area (Å²) in [5, 5.41) is 2.04. The number of carbonyl (C=O) groups is 1. The second-order valence-electron chi connectivity index (χ2n) is 4.42. The van der Waals surface area contributed by atoms with Crippen molar-refractivity contribution < 1.29 is 36.2 Å². The summed E-state index contributed by atoms with van der Waals surface area (Å²) in [4.78, 5) is 12.0. The maximum absolute atomic E-state index is 13.5. The van der Waals surface area contributed by atoms with Gasteiger partial charge in [0, 0.05) is 5.56 Å². The summed E-state index contributed by atoms with van der Waals surface area (Å²) in [6.45, 7) is -3.09. The van der Waals surface area contributed by atoms with E-state index in [9.17, 15) is 26.7 Å². The van der Waals surface area contributed by atoms with E-state index in [0.29, 0.717) is 6.07 Å². The van der Waals surface area contributed by atoms with Gasteiger partial charge in [-0.15, -0.1) is 0 Å². The number of benzene rings is 2. The van der Waals surface area contributed by atoms with Crippen LogP contribution in [-0.2, 0) is 0 Å². The molecule has 0 atom stereocenters. The number of ether oxygens (including phenoxy) is 2. The molecule has 0 fully saturated rings. The molecule has 0 aliphatic rings. The van der Waals surface area contributed by atoms with Crippen LogP contribution in [0.1, 0.15) is 10.4 Å². The predicted molar refractivity (Wildman–Crippen MR) is 73.9 cm³/mol. The second kappa shape index (κ2) is 7.16. The lowest BCUT2D eigenvalue weighted by atomic mass is 10.1. The van der Waals surface area contributed by atoms with Crippen molar-refractivity contribution >= 4 is 11.6 Å². The van der Waals surface area contributed by atoms with Gasteiger partial charge >= 0.3 is 6.61 Å². The van der Waals surface area contributed by atoms with Crippen LogP contribution in [0.3, 0.4) is 0 Å². The Morgan fingerprint density at radius 3 is 2.38 bits per heavy atom. The number of nitrogens with one attached hydrogen (secondary N) is 1. The minimum atomic E-state index is -3.09. The molecule has 0 unspecified atom stereocenters. The zero-order chi connectivity index (χ0) is 17.9. The van der Waals surface area contributed by atoms with Crippen LogP contribution in [-0.4, -0.2) is 19.6 Å². The van der Waals surface area contributed by atoms with Crippen molar-refractivity contribution in [2.24, 2.45) is 0 Å². The fraction of sp³-hybridized carbons (Fsp3) is 0.133. The van der Waals surface area contributed by atoms with Crippen molar-refractivity contribution in [2.75, 3.05) is 12.4 Å². The summed E-state index contributed by atoms with van der Waals surface area (Å²) in [5.74, 6) is -6.04. The van der Waals surface area contributed by atoms with Gasteiger partial charge in [0.2, 0.25) is 0 Å². The zero-order valence-corrected chi connectivity index (χ0v) is 12.1. The average Bonchev–Trinajstić information content (AvgIpc) is 2.55. The van der Waals surface area contributed by atoms with Crippen LogP contribution < -0.4 is 14.8 Å². The molecule has 0 bridgehead atoms. The number of methoxy groups -OCH3 is 1. The number of halogens is 5. The lowest BCUT2D eigenvalue weighted by Crippen LogP contribution is -2.14. The Hall–Kier alpha value is -2.84. The number of anilines is 1. The van der Waals surface area contributed by atoms with E-state index in [1.807, 2.05) is 5.32 Å². The molecule has 128 valence electrons. The highest BCUT2D eigenvalue weighted by Gasteiger charge is 2.18. The minimum absolute atomic E-state index is 0.0994. The van der Waals surface area contributed by atoms with Gasteiger partial charge in [0.15, 0.2) is 29.0 Å². The van der Waals surface area contributed by atoms with E-state index >= 15 is 0 Å². The summed E-state index contributed by atoms with van der Waals surface area (Å²) in [5.41, 5.74) is -0.677. The highest BCUT2D eigenvalue weighted by Crippen LogP contribution is 2.30. The van der Waals surface area contributed by atoms with E-state index in [-0.39, 0.29) is 17.1 Å². The standard InChI is InChI=1S/C15H10F5NO3/c1-23-11-6-7(2-5-10(11)24-15(19)20)14(22)21-9-4-3-8(16)12(17)13(9)18/h2-6,15H,1H3,(H,21,22). The highest BCUT2D eigenvalue weighted by atomic mass is 19.3. The Morgan fingerprint density at radius 2 is 1.75 bits per heavy atom. The molecule has 0 aromatic heterocycles. The maximum atomic E-state index is 13.5. The molecular formula is C15H10F5NO3. The van der Waals surface area contributed by atoms with Gasteiger partial charge in [0.1, 0.15) is 0 Å². The van der Waals surface area contributed by atoms with Crippen LogP contribution in [0.4, 0.5) is 27.6 Å². The summed E-state index contributed by atoms with van der Waals surface area (Å²) in [6, 6.07) is 4.74. The van der Waals surface area contributed by atoms with Crippen LogP contribution in [0.5, 0.6) is 11.5 Å². The first kappa shape index (κ1) is 17.5. The van der Waals surface area contributed by atoms with Gasteiger partial charge in [-0.2, -0.15) is 8.78 Å². The molecule has 2 aromatic carbocycles. The molecular weight excluding hydrogens is 337 g/mol. The normalized spacial score (nSPS) is 10.6. The third kappa shape index (κ3) is 3.73. The molecule has 0 heterocycles. The highest BCUT2D eigenvalue weighted by molar-refractivity contribution is 6.04. The largest absolute Gasteiger partial charge is 0.493 e. The first-order valence-corrected chi connectivity index (χ1v) is 6.41. The van der Waals surface area contributed by atoms with Crippen LogP contribution in [0, 0.1) is 17.5 Å². The molecule has 0 radical (unpaired) electrons. The predicted octanol–water partition coefficient (Wildman–Crippen LogP) is 3.97. The van der Waals surface area contributed by atoms with Crippen molar-refractivity contribution in [3.05, 3.63) is 53.3 Å². The molecule has 0 aliphatic carbocycles. The van der Waals surface area contributed by atoms with Gasteiger partial charge in [-0.3, -0.25) is 4.79 Å². The molecule has 0 spiro atoms. The van der Waals surface area contributed by atoms with Crippen molar-refractivity contribution in [1.82, 2.24) is 0 Å². The van der Waals surface area contributed by atoms with Gasteiger partial charge in [0.25, 0.3) is 5.91 Å². The Balaban J connectivity index is 2.26. The zero-order valence-electron chi connectivity index (χ0n) is 12.1. The Bertz CT molecular complexity index is 767. The average molecular weight is 347 g/mol. The Kier molecular flexibility index (Phi) is 5.22. The molecule has 4 nitrogen and oxygen atoms in total. The van der Waals surface area contributed by atoms with Crippen LogP contribution in [0.2, 0.25) is 0 Å². The van der Waals surface area contributed by atoms with E-state index in [4.69, 9.17) is 4.74 Å². The van der Waals surface area contributed by atoms with E-state index in [0.717, 1.165) is 24.3 Å². The first-order chi connectivity index (χ1) is 11.3. The van der Waals surface area contributed by atoms with E-state index < -0.39 is 35.7 Å². The number of hydrogen-bond acceptors (Lipinski definition) is 3. The van der Waals surface area contributed by atoms with E-state index in [1.165, 1.54) is 7.11 Å². The number of carbonyl (C=O) groups excluding carboxylic acids is 1. The fourth-order valence-corrected chi connectivity index (χ4v) is 1.82.